The molecule has 23 heavy (non-hydrogen) atoms. The number of benzene rings is 2. The average Bonchev–Trinajstić information content (AvgIpc) is 2.60. The molecule has 0 saturated heterocycles. The van der Waals surface area contributed by atoms with Gasteiger partial charge in [-0.2, -0.15) is 0 Å². The van der Waals surface area contributed by atoms with Crippen LogP contribution in [0, 0.1) is 10.1 Å². The third-order valence-corrected chi connectivity index (χ3v) is 4.09. The van der Waals surface area contributed by atoms with Crippen LogP contribution in [0.3, 0.4) is 0 Å². The van der Waals surface area contributed by atoms with Gasteiger partial charge in [0.15, 0.2) is 0 Å². The molecule has 0 N–H and O–H groups in total. The van der Waals surface area contributed by atoms with Gasteiger partial charge in [0.25, 0.3) is 5.69 Å². The van der Waals surface area contributed by atoms with Gasteiger partial charge in [-0.3, -0.25) is 10.1 Å². The lowest BCUT2D eigenvalue weighted by atomic mass is 9.88. The lowest BCUT2D eigenvalue weighted by Gasteiger charge is -2.18. The van der Waals surface area contributed by atoms with Crippen molar-refractivity contribution in [2.45, 2.75) is 12.8 Å². The molecule has 0 saturated carbocycles. The average molecular weight is 311 g/mol. The summed E-state index contributed by atoms with van der Waals surface area (Å²) in [5.41, 5.74) is 3.98. The maximum Gasteiger partial charge on any atom is 0.280 e. The van der Waals surface area contributed by atoms with Crippen molar-refractivity contribution < 1.29 is 14.4 Å². The topological polar surface area (TPSA) is 61.6 Å². The van der Waals surface area contributed by atoms with Crippen LogP contribution in [-0.4, -0.2) is 19.1 Å². The number of hydrogen-bond donors (Lipinski definition) is 0. The maximum atomic E-state index is 11.4. The first-order valence-electron chi connectivity index (χ1n) is 7.32. The molecule has 118 valence electrons. The number of methoxy groups -OCH3 is 2. The van der Waals surface area contributed by atoms with Gasteiger partial charge < -0.3 is 9.47 Å². The van der Waals surface area contributed by atoms with Crippen LogP contribution < -0.4 is 9.47 Å². The molecule has 1 aliphatic carbocycles. The Balaban J connectivity index is 2.05. The zero-order valence-electron chi connectivity index (χ0n) is 13.0. The molecule has 5 heteroatoms. The highest BCUT2D eigenvalue weighted by Crippen LogP contribution is 2.37. The van der Waals surface area contributed by atoms with Gasteiger partial charge in [-0.1, -0.05) is 12.1 Å². The van der Waals surface area contributed by atoms with Crippen molar-refractivity contribution in [1.82, 2.24) is 0 Å². The second-order valence-corrected chi connectivity index (χ2v) is 5.37. The highest BCUT2D eigenvalue weighted by atomic mass is 16.6. The Hall–Kier alpha value is -2.82. The minimum Gasteiger partial charge on any atom is -0.497 e. The Kier molecular flexibility index (Phi) is 4.02. The lowest BCUT2D eigenvalue weighted by Crippen LogP contribution is -2.02. The van der Waals surface area contributed by atoms with E-state index in [4.69, 9.17) is 9.47 Å². The lowest BCUT2D eigenvalue weighted by molar-refractivity contribution is -0.385. The largest absolute Gasteiger partial charge is 0.497 e. The summed E-state index contributed by atoms with van der Waals surface area (Å²) in [6.45, 7) is 0. The molecule has 0 amide bonds. The standard InChI is InChI=1S/C18H17NO4/c1-22-15-6-5-12-9-14(4-3-13(12)10-15)17-8-7-16(23-2)11-18(17)19(20)21/h5-11H,3-4H2,1-2H3. The summed E-state index contributed by atoms with van der Waals surface area (Å²) < 4.78 is 10.3. The molecule has 3 rings (SSSR count). The van der Waals surface area contributed by atoms with E-state index in [2.05, 4.69) is 0 Å². The first kappa shape index (κ1) is 15.1. The van der Waals surface area contributed by atoms with Crippen molar-refractivity contribution in [2.24, 2.45) is 0 Å². The van der Waals surface area contributed by atoms with Crippen LogP contribution in [0.25, 0.3) is 11.6 Å². The van der Waals surface area contributed by atoms with E-state index in [0.29, 0.717) is 11.3 Å². The number of nitrogens with zero attached hydrogens (tertiary/aromatic N) is 1. The SMILES string of the molecule is COc1ccc2c(c1)CCC(c1ccc(OC)cc1[N+](=O)[O-])=C2. The van der Waals surface area contributed by atoms with E-state index in [1.54, 1.807) is 19.2 Å². The summed E-state index contributed by atoms with van der Waals surface area (Å²) >= 11 is 0. The predicted molar refractivity (Wildman–Crippen MR) is 88.8 cm³/mol. The van der Waals surface area contributed by atoms with Crippen molar-refractivity contribution in [2.75, 3.05) is 14.2 Å². The fourth-order valence-corrected chi connectivity index (χ4v) is 2.87. The summed E-state index contributed by atoms with van der Waals surface area (Å²) in [7, 11) is 3.15. The predicted octanol–water partition coefficient (Wildman–Crippen LogP) is 4.10. The monoisotopic (exact) mass is 311 g/mol. The minimum atomic E-state index is -0.359. The van der Waals surface area contributed by atoms with Crippen molar-refractivity contribution in [3.8, 4) is 11.5 Å². The normalized spacial score (nSPS) is 13.0. The van der Waals surface area contributed by atoms with Crippen LogP contribution in [0.5, 0.6) is 11.5 Å². The van der Waals surface area contributed by atoms with Gasteiger partial charge in [0.1, 0.15) is 11.5 Å². The number of nitro benzene ring substituents is 1. The fraction of sp³-hybridized carbons (Fsp3) is 0.222. The Morgan fingerprint density at radius 2 is 1.70 bits per heavy atom. The fourth-order valence-electron chi connectivity index (χ4n) is 2.87. The van der Waals surface area contributed by atoms with Gasteiger partial charge in [0.2, 0.25) is 0 Å². The molecular formula is C18H17NO4. The first-order chi connectivity index (χ1) is 11.1. The van der Waals surface area contributed by atoms with E-state index < -0.39 is 0 Å². The molecule has 2 aromatic rings. The molecule has 0 fully saturated rings. The van der Waals surface area contributed by atoms with Crippen LogP contribution in [0.4, 0.5) is 5.69 Å². The molecule has 0 unspecified atom stereocenters. The zero-order chi connectivity index (χ0) is 16.4. The molecule has 1 aliphatic rings. The Morgan fingerprint density at radius 3 is 2.39 bits per heavy atom. The molecule has 0 bridgehead atoms. The molecule has 0 spiro atoms. The third kappa shape index (κ3) is 2.90. The van der Waals surface area contributed by atoms with Crippen LogP contribution in [-0.2, 0) is 6.42 Å². The quantitative estimate of drug-likeness (QED) is 0.630. The van der Waals surface area contributed by atoms with Crippen LogP contribution in [0.1, 0.15) is 23.1 Å². The van der Waals surface area contributed by atoms with E-state index >= 15 is 0 Å². The molecular weight excluding hydrogens is 294 g/mol. The zero-order valence-corrected chi connectivity index (χ0v) is 13.0. The number of hydrogen-bond acceptors (Lipinski definition) is 4. The van der Waals surface area contributed by atoms with E-state index in [-0.39, 0.29) is 10.6 Å². The second-order valence-electron chi connectivity index (χ2n) is 5.37. The summed E-state index contributed by atoms with van der Waals surface area (Å²) in [6.07, 6.45) is 3.61. The minimum absolute atomic E-state index is 0.0764. The van der Waals surface area contributed by atoms with Crippen molar-refractivity contribution >= 4 is 17.3 Å². The molecule has 0 atom stereocenters. The number of ether oxygens (including phenoxy) is 2. The number of fused-ring (bicyclic) bond motifs is 1. The van der Waals surface area contributed by atoms with Gasteiger partial charge >= 0.3 is 0 Å². The number of nitro groups is 1. The Labute approximate surface area is 134 Å². The smallest absolute Gasteiger partial charge is 0.280 e. The summed E-state index contributed by atoms with van der Waals surface area (Å²) in [5, 5.41) is 11.4. The molecule has 0 aliphatic heterocycles. The van der Waals surface area contributed by atoms with Gasteiger partial charge in [-0.05, 0) is 53.8 Å². The van der Waals surface area contributed by atoms with Crippen molar-refractivity contribution in [3.63, 3.8) is 0 Å². The second kappa shape index (κ2) is 6.12. The highest BCUT2D eigenvalue weighted by molar-refractivity contribution is 5.88. The van der Waals surface area contributed by atoms with E-state index in [1.807, 2.05) is 24.3 Å². The Bertz CT molecular complexity index is 796. The van der Waals surface area contributed by atoms with Crippen LogP contribution in [0.15, 0.2) is 36.4 Å². The van der Waals surface area contributed by atoms with E-state index in [0.717, 1.165) is 29.7 Å². The first-order valence-corrected chi connectivity index (χ1v) is 7.32. The van der Waals surface area contributed by atoms with Gasteiger partial charge in [0.05, 0.1) is 30.8 Å². The van der Waals surface area contributed by atoms with Crippen LogP contribution in [0.2, 0.25) is 0 Å². The van der Waals surface area contributed by atoms with E-state index in [1.165, 1.54) is 18.7 Å². The third-order valence-electron chi connectivity index (χ3n) is 4.09. The number of rotatable bonds is 4. The molecule has 5 nitrogen and oxygen atoms in total. The molecule has 0 aromatic heterocycles. The van der Waals surface area contributed by atoms with Crippen molar-refractivity contribution in [3.05, 3.63) is 63.2 Å². The summed E-state index contributed by atoms with van der Waals surface area (Å²) in [6, 6.07) is 10.9. The van der Waals surface area contributed by atoms with Gasteiger partial charge in [-0.25, -0.2) is 0 Å². The summed E-state index contributed by atoms with van der Waals surface area (Å²) in [4.78, 5) is 11.0. The number of aryl methyl sites for hydroxylation is 1. The van der Waals surface area contributed by atoms with Gasteiger partial charge in [-0.15, -0.1) is 0 Å². The van der Waals surface area contributed by atoms with Gasteiger partial charge in [0, 0.05) is 0 Å². The van der Waals surface area contributed by atoms with Crippen molar-refractivity contribution in [1.29, 1.82) is 0 Å². The van der Waals surface area contributed by atoms with Crippen LogP contribution >= 0.6 is 0 Å². The Morgan fingerprint density at radius 1 is 1.00 bits per heavy atom. The number of allylic oxidation sites excluding steroid dienone is 1. The highest BCUT2D eigenvalue weighted by Gasteiger charge is 2.21. The summed E-state index contributed by atoms with van der Waals surface area (Å²) in [5.74, 6) is 1.32. The molecule has 2 aromatic carbocycles. The molecule has 0 heterocycles. The van der Waals surface area contributed by atoms with E-state index in [9.17, 15) is 10.1 Å². The maximum absolute atomic E-state index is 11.4. The molecule has 0 radical (unpaired) electrons.